The first-order chi connectivity index (χ1) is 10.7. The largest absolute Gasteiger partial charge is 0.332 e. The smallest absolute Gasteiger partial charge is 0.223 e. The topological polar surface area (TPSA) is 46.1 Å². The SMILES string of the molecule is O=C(CC12CC3CC(CC(C3)C1)C2)N1Cc2cncnc2C1. The zero-order valence-corrected chi connectivity index (χ0v) is 13.0. The van der Waals surface area contributed by atoms with E-state index in [-0.39, 0.29) is 0 Å². The minimum atomic E-state index is 0.340. The molecule has 4 nitrogen and oxygen atoms in total. The molecule has 1 amide bonds. The lowest BCUT2D eigenvalue weighted by Gasteiger charge is -2.56. The lowest BCUT2D eigenvalue weighted by atomic mass is 9.49. The van der Waals surface area contributed by atoms with Crippen molar-refractivity contribution >= 4 is 5.91 Å². The van der Waals surface area contributed by atoms with Crippen LogP contribution in [0.25, 0.3) is 0 Å². The van der Waals surface area contributed by atoms with Crippen LogP contribution in [0.3, 0.4) is 0 Å². The predicted molar refractivity (Wildman–Crippen MR) is 81.5 cm³/mol. The molecule has 116 valence electrons. The van der Waals surface area contributed by atoms with Crippen molar-refractivity contribution in [2.45, 2.75) is 58.0 Å². The Morgan fingerprint density at radius 3 is 2.45 bits per heavy atom. The lowest BCUT2D eigenvalue weighted by molar-refractivity contribution is -0.140. The second-order valence-corrected chi connectivity index (χ2v) is 8.34. The molecule has 0 saturated heterocycles. The lowest BCUT2D eigenvalue weighted by Crippen LogP contribution is -2.48. The van der Waals surface area contributed by atoms with E-state index in [0.29, 0.717) is 24.4 Å². The van der Waals surface area contributed by atoms with Crippen molar-refractivity contribution in [2.75, 3.05) is 0 Å². The molecule has 1 aliphatic heterocycles. The highest BCUT2D eigenvalue weighted by Crippen LogP contribution is 2.61. The van der Waals surface area contributed by atoms with Gasteiger partial charge in [-0.3, -0.25) is 4.79 Å². The molecule has 1 aromatic heterocycles. The third kappa shape index (κ3) is 1.99. The van der Waals surface area contributed by atoms with Crippen LogP contribution in [-0.4, -0.2) is 20.8 Å². The van der Waals surface area contributed by atoms with Crippen LogP contribution in [0.2, 0.25) is 0 Å². The zero-order valence-electron chi connectivity index (χ0n) is 13.0. The molecule has 0 radical (unpaired) electrons. The fourth-order valence-electron chi connectivity index (χ4n) is 6.22. The van der Waals surface area contributed by atoms with Crippen LogP contribution in [-0.2, 0) is 17.9 Å². The van der Waals surface area contributed by atoms with Crippen LogP contribution in [0.15, 0.2) is 12.5 Å². The minimum absolute atomic E-state index is 0.340. The second-order valence-electron chi connectivity index (χ2n) is 8.34. The fourth-order valence-corrected chi connectivity index (χ4v) is 6.22. The first-order valence-corrected chi connectivity index (χ1v) is 8.75. The number of nitrogens with zero attached hydrogens (tertiary/aromatic N) is 3. The molecular weight excluding hydrogens is 274 g/mol. The van der Waals surface area contributed by atoms with Gasteiger partial charge in [0.1, 0.15) is 6.33 Å². The quantitative estimate of drug-likeness (QED) is 0.843. The van der Waals surface area contributed by atoms with Gasteiger partial charge in [-0.15, -0.1) is 0 Å². The highest BCUT2D eigenvalue weighted by Gasteiger charge is 2.51. The summed E-state index contributed by atoms with van der Waals surface area (Å²) < 4.78 is 0. The Labute approximate surface area is 131 Å². The summed E-state index contributed by atoms with van der Waals surface area (Å²) in [6, 6.07) is 0. The number of carbonyl (C=O) groups is 1. The van der Waals surface area contributed by atoms with Gasteiger partial charge in [-0.25, -0.2) is 9.97 Å². The third-order valence-corrected chi connectivity index (χ3v) is 6.63. The Hall–Kier alpha value is -1.45. The summed E-state index contributed by atoms with van der Waals surface area (Å²) in [7, 11) is 0. The second kappa shape index (κ2) is 4.53. The van der Waals surface area contributed by atoms with Gasteiger partial charge in [0, 0.05) is 24.7 Å². The summed E-state index contributed by atoms with van der Waals surface area (Å²) >= 11 is 0. The Morgan fingerprint density at radius 1 is 1.14 bits per heavy atom. The summed E-state index contributed by atoms with van der Waals surface area (Å²) in [5, 5.41) is 0. The first kappa shape index (κ1) is 13.0. The Bertz CT molecular complexity index is 566. The van der Waals surface area contributed by atoms with Crippen LogP contribution < -0.4 is 0 Å². The molecular formula is C18H23N3O. The summed E-state index contributed by atoms with van der Waals surface area (Å²) in [5.41, 5.74) is 2.50. The first-order valence-electron chi connectivity index (χ1n) is 8.75. The van der Waals surface area contributed by atoms with Gasteiger partial charge in [-0.2, -0.15) is 0 Å². The van der Waals surface area contributed by atoms with Crippen molar-refractivity contribution in [1.29, 1.82) is 0 Å². The number of hydrogen-bond donors (Lipinski definition) is 0. The van der Waals surface area contributed by atoms with Crippen LogP contribution in [0, 0.1) is 23.2 Å². The molecule has 4 saturated carbocycles. The molecule has 4 bridgehead atoms. The van der Waals surface area contributed by atoms with Crippen LogP contribution in [0.5, 0.6) is 0 Å². The molecule has 0 unspecified atom stereocenters. The zero-order chi connectivity index (χ0) is 14.7. The molecule has 1 aromatic rings. The van der Waals surface area contributed by atoms with E-state index >= 15 is 0 Å². The highest BCUT2D eigenvalue weighted by molar-refractivity contribution is 5.77. The maximum absolute atomic E-state index is 12.9. The van der Waals surface area contributed by atoms with Crippen molar-refractivity contribution in [3.63, 3.8) is 0 Å². The normalized spacial score (nSPS) is 38.4. The van der Waals surface area contributed by atoms with E-state index in [4.69, 9.17) is 0 Å². The Balaban J connectivity index is 1.32. The number of rotatable bonds is 2. The molecule has 0 atom stereocenters. The summed E-state index contributed by atoms with van der Waals surface area (Å²) in [4.78, 5) is 23.3. The fraction of sp³-hybridized carbons (Fsp3) is 0.722. The maximum Gasteiger partial charge on any atom is 0.223 e. The van der Waals surface area contributed by atoms with E-state index in [2.05, 4.69) is 9.97 Å². The van der Waals surface area contributed by atoms with Crippen LogP contribution >= 0.6 is 0 Å². The standard InChI is InChI=1S/C18H23N3O/c22-17(21-9-15-8-19-11-20-16(15)10-21)7-18-4-12-1-13(5-18)3-14(2-12)6-18/h8,11-14H,1-7,9-10H2. The van der Waals surface area contributed by atoms with E-state index in [1.807, 2.05) is 11.1 Å². The molecule has 0 aromatic carbocycles. The van der Waals surface area contributed by atoms with Crippen LogP contribution in [0.1, 0.15) is 56.2 Å². The van der Waals surface area contributed by atoms with Gasteiger partial charge in [0.15, 0.2) is 0 Å². The average Bonchev–Trinajstić information content (AvgIpc) is 2.89. The van der Waals surface area contributed by atoms with Gasteiger partial charge in [0.2, 0.25) is 5.91 Å². The Kier molecular flexibility index (Phi) is 2.68. The molecule has 4 aliphatic carbocycles. The minimum Gasteiger partial charge on any atom is -0.332 e. The van der Waals surface area contributed by atoms with Crippen molar-refractivity contribution in [3.05, 3.63) is 23.8 Å². The number of fused-ring (bicyclic) bond motifs is 1. The molecule has 0 N–H and O–H groups in total. The summed E-state index contributed by atoms with van der Waals surface area (Å²) in [5.74, 6) is 3.10. The van der Waals surface area contributed by atoms with E-state index in [1.165, 1.54) is 38.5 Å². The number of amides is 1. The van der Waals surface area contributed by atoms with Gasteiger partial charge in [0.25, 0.3) is 0 Å². The predicted octanol–water partition coefficient (Wildman–Crippen LogP) is 2.93. The van der Waals surface area contributed by atoms with E-state index in [0.717, 1.165) is 35.4 Å². The number of aromatic nitrogens is 2. The highest BCUT2D eigenvalue weighted by atomic mass is 16.2. The molecule has 4 fully saturated rings. The monoisotopic (exact) mass is 297 g/mol. The van der Waals surface area contributed by atoms with Gasteiger partial charge in [-0.1, -0.05) is 0 Å². The van der Waals surface area contributed by atoms with Crippen molar-refractivity contribution in [1.82, 2.24) is 14.9 Å². The molecule has 0 spiro atoms. The van der Waals surface area contributed by atoms with E-state index in [9.17, 15) is 4.79 Å². The molecule has 6 rings (SSSR count). The van der Waals surface area contributed by atoms with E-state index in [1.54, 1.807) is 6.33 Å². The van der Waals surface area contributed by atoms with Crippen molar-refractivity contribution in [2.24, 2.45) is 23.2 Å². The molecule has 2 heterocycles. The summed E-state index contributed by atoms with van der Waals surface area (Å²) in [6.07, 6.45) is 12.5. The maximum atomic E-state index is 12.9. The van der Waals surface area contributed by atoms with Gasteiger partial charge in [0.05, 0.1) is 12.2 Å². The van der Waals surface area contributed by atoms with Crippen LogP contribution in [0.4, 0.5) is 0 Å². The van der Waals surface area contributed by atoms with Gasteiger partial charge >= 0.3 is 0 Å². The van der Waals surface area contributed by atoms with Gasteiger partial charge < -0.3 is 4.90 Å². The third-order valence-electron chi connectivity index (χ3n) is 6.63. The van der Waals surface area contributed by atoms with Gasteiger partial charge in [-0.05, 0) is 61.7 Å². The van der Waals surface area contributed by atoms with Crippen molar-refractivity contribution < 1.29 is 4.79 Å². The summed E-state index contributed by atoms with van der Waals surface area (Å²) in [6.45, 7) is 1.39. The number of carbonyl (C=O) groups excluding carboxylic acids is 1. The average molecular weight is 297 g/mol. The Morgan fingerprint density at radius 2 is 1.82 bits per heavy atom. The number of hydrogen-bond acceptors (Lipinski definition) is 3. The molecule has 4 heteroatoms. The van der Waals surface area contributed by atoms with E-state index < -0.39 is 0 Å². The van der Waals surface area contributed by atoms with Crippen molar-refractivity contribution in [3.8, 4) is 0 Å². The molecule has 22 heavy (non-hydrogen) atoms. The molecule has 5 aliphatic rings.